The van der Waals surface area contributed by atoms with Crippen molar-refractivity contribution < 1.29 is 28.2 Å². The number of carbonyl (C=O) groups excluding carboxylic acids is 2. The van der Waals surface area contributed by atoms with Gasteiger partial charge in [-0.15, -0.1) is 0 Å². The third kappa shape index (κ3) is 9.00. The first-order valence-electron chi connectivity index (χ1n) is 14.1. The highest BCUT2D eigenvalue weighted by molar-refractivity contribution is 7.98. The molecule has 0 fully saturated rings. The van der Waals surface area contributed by atoms with E-state index >= 15 is 0 Å². The van der Waals surface area contributed by atoms with E-state index < -0.39 is 30.1 Å². The highest BCUT2D eigenvalue weighted by Crippen LogP contribution is 2.42. The number of carbonyl (C=O) groups is 2. The molecule has 0 bridgehead atoms. The van der Waals surface area contributed by atoms with E-state index in [-0.39, 0.29) is 30.3 Å². The van der Waals surface area contributed by atoms with Gasteiger partial charge in [-0.05, 0) is 55.8 Å². The SMILES string of the molecule is [C-]#[N+]c1c(N)nc(SCc2coc(-c3ccc(Cl)cc3)n2)c(C#N)c1-c1ccc(OC[C@@H](COC(=O)[C@H](C)N)OC(=O)[C@H](C)N)cc1. The molecule has 0 amide bonds. The number of pyridine rings is 1. The number of nitrogens with zero attached hydrogens (tertiary/aromatic N) is 4. The third-order valence-corrected chi connectivity index (χ3v) is 7.67. The van der Waals surface area contributed by atoms with Crippen LogP contribution in [0.5, 0.6) is 5.75 Å². The van der Waals surface area contributed by atoms with Crippen LogP contribution in [0, 0.1) is 17.9 Å². The van der Waals surface area contributed by atoms with Crippen LogP contribution in [0.25, 0.3) is 27.4 Å². The van der Waals surface area contributed by atoms with Crippen molar-refractivity contribution in [3.8, 4) is 34.4 Å². The molecular formula is C32H30ClN7O6S. The lowest BCUT2D eigenvalue weighted by Gasteiger charge is -2.20. The number of ether oxygens (including phenoxy) is 3. The van der Waals surface area contributed by atoms with Gasteiger partial charge in [0.1, 0.15) is 54.2 Å². The minimum Gasteiger partial charge on any atom is -0.490 e. The Morgan fingerprint density at radius 2 is 1.70 bits per heavy atom. The van der Waals surface area contributed by atoms with E-state index in [9.17, 15) is 14.9 Å². The maximum Gasteiger partial charge on any atom is 0.323 e. The van der Waals surface area contributed by atoms with Gasteiger partial charge in [0.15, 0.2) is 6.10 Å². The van der Waals surface area contributed by atoms with Crippen molar-refractivity contribution in [1.29, 1.82) is 5.26 Å². The molecule has 0 aliphatic heterocycles. The van der Waals surface area contributed by atoms with E-state index in [0.29, 0.717) is 44.3 Å². The predicted molar refractivity (Wildman–Crippen MR) is 175 cm³/mol. The predicted octanol–water partition coefficient (Wildman–Crippen LogP) is 4.88. The number of rotatable bonds is 13. The Bertz CT molecular complexity index is 1820. The number of benzene rings is 2. The zero-order valence-corrected chi connectivity index (χ0v) is 26.9. The maximum absolute atomic E-state index is 12.1. The van der Waals surface area contributed by atoms with Crippen LogP contribution in [0.4, 0.5) is 11.5 Å². The van der Waals surface area contributed by atoms with Crippen molar-refractivity contribution in [2.75, 3.05) is 18.9 Å². The number of anilines is 1. The van der Waals surface area contributed by atoms with Crippen LogP contribution in [0.3, 0.4) is 0 Å². The van der Waals surface area contributed by atoms with Gasteiger partial charge in [-0.1, -0.05) is 35.5 Å². The molecule has 4 aromatic rings. The monoisotopic (exact) mass is 675 g/mol. The van der Waals surface area contributed by atoms with Crippen molar-refractivity contribution >= 4 is 46.8 Å². The van der Waals surface area contributed by atoms with Gasteiger partial charge in [0.05, 0.1) is 17.8 Å². The molecule has 15 heteroatoms. The molecule has 3 atom stereocenters. The van der Waals surface area contributed by atoms with Crippen molar-refractivity contribution in [1.82, 2.24) is 9.97 Å². The second-order valence-corrected chi connectivity index (χ2v) is 11.6. The molecule has 0 radical (unpaired) electrons. The molecule has 4 rings (SSSR count). The van der Waals surface area contributed by atoms with Gasteiger partial charge in [-0.25, -0.2) is 14.8 Å². The van der Waals surface area contributed by atoms with E-state index in [4.69, 9.17) is 54.0 Å². The lowest BCUT2D eigenvalue weighted by Crippen LogP contribution is -2.38. The fraction of sp³-hybridized carbons (Fsp3) is 0.250. The van der Waals surface area contributed by atoms with Gasteiger partial charge in [0.25, 0.3) is 0 Å². The van der Waals surface area contributed by atoms with Gasteiger partial charge in [-0.3, -0.25) is 9.59 Å². The summed E-state index contributed by atoms with van der Waals surface area (Å²) in [5.74, 6) is -0.291. The number of oxazole rings is 1. The number of esters is 2. The lowest BCUT2D eigenvalue weighted by molar-refractivity contribution is -0.162. The van der Waals surface area contributed by atoms with Crippen LogP contribution in [0.15, 0.2) is 64.2 Å². The summed E-state index contributed by atoms with van der Waals surface area (Å²) in [7, 11) is 0. The molecule has 2 aromatic heterocycles. The van der Waals surface area contributed by atoms with Gasteiger partial charge in [0, 0.05) is 21.9 Å². The standard InChI is InChI=1S/C32H30ClN7O6S/c1-17(35)31(41)45-15-24(46-32(42)18(2)36)14-43-23-10-6-19(7-11-23)26-25(12-34)30(40-28(37)27(26)38-3)47-16-22-13-44-29(39-22)20-4-8-21(33)9-5-20/h4-11,13,17-18,24H,14-16,35-36H2,1-2H3,(H2,37,40)/t17-,18-,24-/m0/s1. The Kier molecular flexibility index (Phi) is 11.8. The lowest BCUT2D eigenvalue weighted by atomic mass is 10.00. The van der Waals surface area contributed by atoms with Crippen molar-refractivity contribution in [3.05, 3.63) is 82.5 Å². The molecule has 6 N–H and O–H groups in total. The van der Waals surface area contributed by atoms with Crippen molar-refractivity contribution in [2.24, 2.45) is 11.5 Å². The average Bonchev–Trinajstić information content (AvgIpc) is 3.54. The summed E-state index contributed by atoms with van der Waals surface area (Å²) in [5, 5.41) is 11.1. The number of nitrogens with two attached hydrogens (primary N) is 3. The molecule has 2 heterocycles. The largest absolute Gasteiger partial charge is 0.490 e. The number of hydrogen-bond donors (Lipinski definition) is 3. The number of halogens is 1. The number of thioether (sulfide) groups is 1. The molecule has 47 heavy (non-hydrogen) atoms. The van der Waals surface area contributed by atoms with E-state index in [0.717, 1.165) is 5.56 Å². The normalized spacial score (nSPS) is 12.7. The fourth-order valence-corrected chi connectivity index (χ4v) is 5.01. The summed E-state index contributed by atoms with van der Waals surface area (Å²) in [5.41, 5.74) is 19.7. The van der Waals surface area contributed by atoms with Crippen LogP contribution in [0.2, 0.25) is 5.02 Å². The number of aromatic nitrogens is 2. The highest BCUT2D eigenvalue weighted by atomic mass is 35.5. The Labute approximate surface area is 279 Å². The van der Waals surface area contributed by atoms with Crippen LogP contribution < -0.4 is 21.9 Å². The van der Waals surface area contributed by atoms with Gasteiger partial charge >= 0.3 is 11.9 Å². The number of nitrogen functional groups attached to an aromatic ring is 1. The zero-order chi connectivity index (χ0) is 34.1. The Hall–Kier alpha value is -5.12. The molecule has 13 nitrogen and oxygen atoms in total. The molecule has 0 spiro atoms. The van der Waals surface area contributed by atoms with Gasteiger partial charge < -0.3 is 35.8 Å². The number of hydrogen-bond acceptors (Lipinski definition) is 13. The van der Waals surface area contributed by atoms with Crippen molar-refractivity contribution in [2.45, 2.75) is 42.8 Å². The van der Waals surface area contributed by atoms with Crippen LogP contribution >= 0.6 is 23.4 Å². The molecule has 0 unspecified atom stereocenters. The Morgan fingerprint density at radius 1 is 1.04 bits per heavy atom. The summed E-state index contributed by atoms with van der Waals surface area (Å²) in [6.07, 6.45) is 0.561. The summed E-state index contributed by atoms with van der Waals surface area (Å²) >= 11 is 7.20. The highest BCUT2D eigenvalue weighted by Gasteiger charge is 2.23. The van der Waals surface area contributed by atoms with Crippen LogP contribution in [0.1, 0.15) is 25.1 Å². The van der Waals surface area contributed by atoms with E-state index in [1.165, 1.54) is 31.9 Å². The van der Waals surface area contributed by atoms with E-state index in [1.54, 1.807) is 48.5 Å². The molecule has 0 aliphatic carbocycles. The summed E-state index contributed by atoms with van der Waals surface area (Å²) in [6, 6.07) is 14.0. The van der Waals surface area contributed by atoms with Crippen molar-refractivity contribution in [3.63, 3.8) is 0 Å². The van der Waals surface area contributed by atoms with Gasteiger partial charge in [-0.2, -0.15) is 5.26 Å². The van der Waals surface area contributed by atoms with E-state index in [1.807, 2.05) is 0 Å². The summed E-state index contributed by atoms with van der Waals surface area (Å²) in [6.45, 7) is 10.2. The molecule has 0 aliphatic rings. The quantitative estimate of drug-likeness (QED) is 0.0982. The first-order chi connectivity index (χ1) is 22.5. The average molecular weight is 676 g/mol. The molecule has 0 saturated carbocycles. The topological polar surface area (TPSA) is 207 Å². The minimum absolute atomic E-state index is 0.0287. The smallest absolute Gasteiger partial charge is 0.323 e. The van der Waals surface area contributed by atoms with E-state index in [2.05, 4.69) is 20.9 Å². The fourth-order valence-electron chi connectivity index (χ4n) is 4.02. The molecular weight excluding hydrogens is 646 g/mol. The second-order valence-electron chi connectivity index (χ2n) is 10.2. The third-order valence-electron chi connectivity index (χ3n) is 6.41. The molecule has 2 aromatic carbocycles. The van der Waals surface area contributed by atoms with Gasteiger partial charge in [0.2, 0.25) is 11.6 Å². The maximum atomic E-state index is 12.1. The first kappa shape index (κ1) is 34.7. The summed E-state index contributed by atoms with van der Waals surface area (Å²) in [4.78, 5) is 36.3. The summed E-state index contributed by atoms with van der Waals surface area (Å²) < 4.78 is 21.8. The Balaban J connectivity index is 1.52. The van der Waals surface area contributed by atoms with Crippen LogP contribution in [-0.4, -0.2) is 53.3 Å². The second kappa shape index (κ2) is 15.9. The zero-order valence-electron chi connectivity index (χ0n) is 25.3. The van der Waals surface area contributed by atoms with Crippen LogP contribution in [-0.2, 0) is 24.8 Å². The molecule has 0 saturated heterocycles. The molecule has 242 valence electrons. The first-order valence-corrected chi connectivity index (χ1v) is 15.4. The number of nitriles is 1. The minimum atomic E-state index is -0.957. The Morgan fingerprint density at radius 3 is 2.32 bits per heavy atom.